The van der Waals surface area contributed by atoms with Crippen molar-refractivity contribution in [1.82, 2.24) is 15.0 Å². The van der Waals surface area contributed by atoms with Crippen molar-refractivity contribution in [3.63, 3.8) is 0 Å². The van der Waals surface area contributed by atoms with Crippen molar-refractivity contribution in [1.29, 1.82) is 0 Å². The number of rotatable bonds is 5. The molecule has 3 aliphatic rings. The van der Waals surface area contributed by atoms with Crippen LogP contribution in [0.25, 0.3) is 10.3 Å². The summed E-state index contributed by atoms with van der Waals surface area (Å²) in [5, 5.41) is 1.01. The molecule has 1 amide bonds. The van der Waals surface area contributed by atoms with E-state index in [1.54, 1.807) is 17.5 Å². The molecule has 0 aromatic carbocycles. The molecule has 10 heteroatoms. The Hall–Kier alpha value is -3.40. The molecule has 0 radical (unpaired) electrons. The predicted octanol–water partition coefficient (Wildman–Crippen LogP) is 3.46. The molecular weight excluding hydrogens is 450 g/mol. The minimum Gasteiger partial charge on any atom is -0.471 e. The second-order valence-corrected chi connectivity index (χ2v) is 10.0. The molecule has 0 spiro atoms. The number of primary amides is 1. The van der Waals surface area contributed by atoms with Crippen molar-refractivity contribution in [3.05, 3.63) is 47.6 Å². The van der Waals surface area contributed by atoms with Gasteiger partial charge in [-0.25, -0.2) is 4.98 Å². The fourth-order valence-electron chi connectivity index (χ4n) is 4.75. The number of hydrogen-bond donors (Lipinski definition) is 1. The minimum atomic E-state index is -0.541. The van der Waals surface area contributed by atoms with Gasteiger partial charge >= 0.3 is 0 Å². The average molecular weight is 478 g/mol. The Balaban J connectivity index is 1.48. The molecule has 6 rings (SSSR count). The van der Waals surface area contributed by atoms with E-state index in [0.29, 0.717) is 5.70 Å². The molecule has 2 N–H and O–H groups in total. The van der Waals surface area contributed by atoms with Gasteiger partial charge in [-0.1, -0.05) is 11.3 Å². The lowest BCUT2D eigenvalue weighted by molar-refractivity contribution is -0.114. The Bertz CT molecular complexity index is 1280. The Morgan fingerprint density at radius 1 is 1.09 bits per heavy atom. The highest BCUT2D eigenvalue weighted by atomic mass is 32.1. The van der Waals surface area contributed by atoms with Crippen molar-refractivity contribution in [2.45, 2.75) is 38.8 Å². The summed E-state index contributed by atoms with van der Waals surface area (Å²) in [6, 6.07) is 5.96. The number of ether oxygens (including phenoxy) is 1. The number of hydrogen-bond acceptors (Lipinski definition) is 9. The van der Waals surface area contributed by atoms with Gasteiger partial charge in [0.15, 0.2) is 16.6 Å². The van der Waals surface area contributed by atoms with E-state index in [4.69, 9.17) is 20.4 Å². The number of carbonyl (C=O) groups excluding carboxylic acids is 1. The summed E-state index contributed by atoms with van der Waals surface area (Å²) in [7, 11) is 0. The lowest BCUT2D eigenvalue weighted by atomic mass is 10.1. The highest BCUT2D eigenvalue weighted by Crippen LogP contribution is 2.44. The molecule has 0 saturated carbocycles. The average Bonchev–Trinajstić information content (AvgIpc) is 3.42. The fraction of sp³-hybridized carbons (Fsp3) is 0.417. The Labute approximate surface area is 201 Å². The molecule has 1 atom stereocenters. The smallest absolute Gasteiger partial charge is 0.268 e. The number of amides is 1. The SMILES string of the molecule is Cc1cc(C2OC=C(C(N)=O)N2c2cc3sc(N4CCCCC4)nc3nc2N2CCC2)ccn1. The van der Waals surface area contributed by atoms with Crippen LogP contribution in [0.1, 0.15) is 43.2 Å². The molecule has 3 aliphatic heterocycles. The van der Waals surface area contributed by atoms with Crippen LogP contribution in [0.5, 0.6) is 0 Å². The normalized spacial score (nSPS) is 20.3. The molecule has 3 aromatic heterocycles. The topological polar surface area (TPSA) is 101 Å². The third kappa shape index (κ3) is 3.62. The second-order valence-electron chi connectivity index (χ2n) is 8.99. The molecule has 2 fully saturated rings. The molecule has 6 heterocycles. The van der Waals surface area contributed by atoms with Crippen LogP contribution in [0.15, 0.2) is 36.4 Å². The largest absolute Gasteiger partial charge is 0.471 e. The molecule has 2 saturated heterocycles. The number of carbonyl (C=O) groups is 1. The fourth-order valence-corrected chi connectivity index (χ4v) is 5.74. The summed E-state index contributed by atoms with van der Waals surface area (Å²) >= 11 is 1.65. The zero-order valence-electron chi connectivity index (χ0n) is 19.1. The van der Waals surface area contributed by atoms with Crippen LogP contribution in [-0.2, 0) is 9.53 Å². The van der Waals surface area contributed by atoms with E-state index in [9.17, 15) is 4.79 Å². The van der Waals surface area contributed by atoms with Crippen molar-refractivity contribution in [2.24, 2.45) is 5.73 Å². The third-order valence-corrected chi connectivity index (χ3v) is 7.69. The van der Waals surface area contributed by atoms with E-state index in [1.165, 1.54) is 25.5 Å². The first kappa shape index (κ1) is 21.2. The monoisotopic (exact) mass is 477 g/mol. The van der Waals surface area contributed by atoms with Gasteiger partial charge in [0.05, 0.1) is 10.4 Å². The maximum absolute atomic E-state index is 12.4. The number of piperidine rings is 1. The summed E-state index contributed by atoms with van der Waals surface area (Å²) in [5.41, 5.74) is 9.43. The molecule has 176 valence electrons. The summed E-state index contributed by atoms with van der Waals surface area (Å²) in [4.78, 5) is 33.1. The van der Waals surface area contributed by atoms with Crippen molar-refractivity contribution in [2.75, 3.05) is 40.9 Å². The summed E-state index contributed by atoms with van der Waals surface area (Å²) < 4.78 is 6.99. The van der Waals surface area contributed by atoms with Crippen LogP contribution < -0.4 is 20.4 Å². The van der Waals surface area contributed by atoms with Gasteiger partial charge in [-0.05, 0) is 50.8 Å². The number of aromatic nitrogens is 3. The van der Waals surface area contributed by atoms with E-state index in [-0.39, 0.29) is 0 Å². The molecule has 9 nitrogen and oxygen atoms in total. The van der Waals surface area contributed by atoms with Crippen LogP contribution in [0.2, 0.25) is 0 Å². The van der Waals surface area contributed by atoms with Crippen molar-refractivity contribution >= 4 is 44.2 Å². The standard InChI is InChI=1S/C24H27N7O2S/c1-15-12-16(6-7-26-15)23-31(18(14-33-23)20(25)32)17-13-19-21(27-22(17)29-10-5-11-29)28-24(34-19)30-8-3-2-4-9-30/h6-7,12-14,23H,2-5,8-11H2,1H3,(H2,25,32). The van der Waals surface area contributed by atoms with Gasteiger partial charge < -0.3 is 20.3 Å². The van der Waals surface area contributed by atoms with Crippen LogP contribution in [0.3, 0.4) is 0 Å². The van der Waals surface area contributed by atoms with Gasteiger partial charge in [0.25, 0.3) is 5.91 Å². The number of nitrogens with zero attached hydrogens (tertiary/aromatic N) is 6. The van der Waals surface area contributed by atoms with Gasteiger partial charge in [0.1, 0.15) is 12.0 Å². The highest BCUT2D eigenvalue weighted by Gasteiger charge is 2.37. The molecule has 0 aliphatic carbocycles. The first-order chi connectivity index (χ1) is 16.6. The van der Waals surface area contributed by atoms with Gasteiger partial charge in [0, 0.05) is 43.6 Å². The number of aryl methyl sites for hydroxylation is 1. The van der Waals surface area contributed by atoms with E-state index in [2.05, 4.69) is 20.9 Å². The third-order valence-electron chi connectivity index (χ3n) is 6.63. The lowest BCUT2D eigenvalue weighted by Crippen LogP contribution is -2.40. The zero-order valence-corrected chi connectivity index (χ0v) is 19.9. The highest BCUT2D eigenvalue weighted by molar-refractivity contribution is 7.22. The second kappa shape index (κ2) is 8.43. The molecule has 34 heavy (non-hydrogen) atoms. The van der Waals surface area contributed by atoms with Crippen LogP contribution in [0.4, 0.5) is 16.6 Å². The summed E-state index contributed by atoms with van der Waals surface area (Å²) in [6.07, 6.45) is 7.45. The molecule has 0 bridgehead atoms. The number of fused-ring (bicyclic) bond motifs is 1. The lowest BCUT2D eigenvalue weighted by Gasteiger charge is -2.36. The van der Waals surface area contributed by atoms with Crippen LogP contribution in [-0.4, -0.2) is 47.0 Å². The predicted molar refractivity (Wildman–Crippen MR) is 133 cm³/mol. The Morgan fingerprint density at radius 3 is 2.59 bits per heavy atom. The summed E-state index contributed by atoms with van der Waals surface area (Å²) in [6.45, 7) is 5.83. The Kier molecular flexibility index (Phi) is 5.24. The zero-order chi connectivity index (χ0) is 23.2. The van der Waals surface area contributed by atoms with Crippen LogP contribution >= 0.6 is 11.3 Å². The van der Waals surface area contributed by atoms with E-state index < -0.39 is 12.1 Å². The van der Waals surface area contributed by atoms with E-state index in [0.717, 1.165) is 70.8 Å². The molecule has 1 unspecified atom stereocenters. The first-order valence-corrected chi connectivity index (χ1v) is 12.6. The minimum absolute atomic E-state index is 0.308. The van der Waals surface area contributed by atoms with Gasteiger partial charge in [-0.3, -0.25) is 14.7 Å². The van der Waals surface area contributed by atoms with Crippen LogP contribution in [0, 0.1) is 6.92 Å². The number of anilines is 3. The quantitative estimate of drug-likeness (QED) is 0.596. The Morgan fingerprint density at radius 2 is 1.88 bits per heavy atom. The van der Waals surface area contributed by atoms with Crippen molar-refractivity contribution < 1.29 is 9.53 Å². The van der Waals surface area contributed by atoms with Gasteiger partial charge in [-0.15, -0.1) is 0 Å². The summed E-state index contributed by atoms with van der Waals surface area (Å²) in [5.74, 6) is 0.268. The maximum atomic E-state index is 12.4. The molecular formula is C24H27N7O2S. The van der Waals surface area contributed by atoms with Gasteiger partial charge in [-0.2, -0.15) is 4.98 Å². The van der Waals surface area contributed by atoms with E-state index in [1.807, 2.05) is 24.0 Å². The van der Waals surface area contributed by atoms with Crippen molar-refractivity contribution in [3.8, 4) is 0 Å². The number of nitrogens with two attached hydrogens (primary N) is 1. The van der Waals surface area contributed by atoms with Gasteiger partial charge in [0.2, 0.25) is 6.23 Å². The maximum Gasteiger partial charge on any atom is 0.268 e. The number of pyridine rings is 2. The van der Waals surface area contributed by atoms with E-state index >= 15 is 0 Å². The molecule has 3 aromatic rings. The number of thiazole rings is 1. The first-order valence-electron chi connectivity index (χ1n) is 11.8.